The number of hydrogen-bond acceptors (Lipinski definition) is 1. The average molecular weight is 86.2 g/mol. The summed E-state index contributed by atoms with van der Waals surface area (Å²) in [5.74, 6) is 0.588. The van der Waals surface area contributed by atoms with Crippen molar-refractivity contribution in [3.8, 4) is 0 Å². The quantitative estimate of drug-likeness (QED) is 0.536. The fourth-order valence-electron chi connectivity index (χ4n) is 0.136. The maximum atomic E-state index is 5.16. The molecule has 0 saturated heterocycles. The molecule has 37 valence electrons. The Labute approximate surface area is 39.5 Å². The molecular formula is C5H12N. The minimum atomic E-state index is 0.588. The Morgan fingerprint density at radius 2 is 2.33 bits per heavy atom. The molecule has 0 amide bonds. The highest BCUT2D eigenvalue weighted by Gasteiger charge is 1.89. The second kappa shape index (κ2) is 3.16. The third kappa shape index (κ3) is 2.21. The Morgan fingerprint density at radius 1 is 1.83 bits per heavy atom. The van der Waals surface area contributed by atoms with Crippen molar-refractivity contribution in [1.82, 2.24) is 0 Å². The van der Waals surface area contributed by atoms with Crippen LogP contribution in [0.2, 0.25) is 0 Å². The van der Waals surface area contributed by atoms with Gasteiger partial charge in [0, 0.05) is 6.54 Å². The van der Waals surface area contributed by atoms with Crippen molar-refractivity contribution in [3.05, 3.63) is 6.54 Å². The summed E-state index contributed by atoms with van der Waals surface area (Å²) in [4.78, 5) is 0. The second-order valence-electron chi connectivity index (χ2n) is 1.58. The van der Waals surface area contributed by atoms with Crippen molar-refractivity contribution >= 4 is 0 Å². The Hall–Kier alpha value is -0.0400. The van der Waals surface area contributed by atoms with Crippen molar-refractivity contribution in [1.29, 1.82) is 0 Å². The van der Waals surface area contributed by atoms with E-state index in [2.05, 4.69) is 13.8 Å². The minimum absolute atomic E-state index is 0.588. The van der Waals surface area contributed by atoms with Crippen LogP contribution in [0, 0.1) is 12.5 Å². The van der Waals surface area contributed by atoms with Gasteiger partial charge in [-0.1, -0.05) is 20.3 Å². The van der Waals surface area contributed by atoms with Crippen LogP contribution < -0.4 is 5.73 Å². The smallest absolute Gasteiger partial charge is 0.0220 e. The molecule has 1 heteroatoms. The molecule has 2 N–H and O–H groups in total. The van der Waals surface area contributed by atoms with Crippen LogP contribution in [0.15, 0.2) is 0 Å². The van der Waals surface area contributed by atoms with Crippen LogP contribution in [0.3, 0.4) is 0 Å². The highest BCUT2D eigenvalue weighted by molar-refractivity contribution is 4.60. The molecule has 0 heterocycles. The Balaban J connectivity index is 2.75. The van der Waals surface area contributed by atoms with Gasteiger partial charge in [-0.15, -0.1) is 0 Å². The number of nitrogens with two attached hydrogens (primary N) is 1. The van der Waals surface area contributed by atoms with Crippen LogP contribution in [0.5, 0.6) is 0 Å². The van der Waals surface area contributed by atoms with Crippen LogP contribution in [0.4, 0.5) is 0 Å². The Bertz CT molecular complexity index is 23.1. The van der Waals surface area contributed by atoms with E-state index in [0.717, 1.165) is 6.42 Å². The molecule has 0 aromatic carbocycles. The summed E-state index contributed by atoms with van der Waals surface area (Å²) in [6.45, 7) is 5.94. The lowest BCUT2D eigenvalue weighted by Gasteiger charge is -1.98. The normalized spacial score (nSPS) is 14.5. The summed E-state index contributed by atoms with van der Waals surface area (Å²) < 4.78 is 0. The minimum Gasteiger partial charge on any atom is -0.326 e. The third-order valence-corrected chi connectivity index (χ3v) is 0.972. The molecule has 1 radical (unpaired) electrons. The maximum Gasteiger partial charge on any atom is 0.0220 e. The fraction of sp³-hybridized carbons (Fsp3) is 0.800. The van der Waals surface area contributed by atoms with Gasteiger partial charge in [0.2, 0.25) is 0 Å². The zero-order chi connectivity index (χ0) is 4.99. The molecule has 6 heavy (non-hydrogen) atoms. The van der Waals surface area contributed by atoms with Crippen molar-refractivity contribution in [2.24, 2.45) is 11.7 Å². The fourth-order valence-corrected chi connectivity index (χ4v) is 0.136. The van der Waals surface area contributed by atoms with Crippen molar-refractivity contribution < 1.29 is 0 Å². The molecule has 0 aliphatic rings. The summed E-state index contributed by atoms with van der Waals surface area (Å²) in [6.07, 6.45) is 1.15. The first-order chi connectivity index (χ1) is 2.81. The van der Waals surface area contributed by atoms with E-state index in [9.17, 15) is 0 Å². The molecule has 1 nitrogen and oxygen atoms in total. The van der Waals surface area contributed by atoms with Gasteiger partial charge in [0.25, 0.3) is 0 Å². The molecule has 0 fully saturated rings. The molecule has 0 unspecified atom stereocenters. The van der Waals surface area contributed by atoms with Crippen LogP contribution in [0.1, 0.15) is 20.3 Å². The lowest BCUT2D eigenvalue weighted by molar-refractivity contribution is 0.640. The molecule has 0 spiro atoms. The average Bonchev–Trinajstić information content (AvgIpc) is 1.65. The monoisotopic (exact) mass is 86.1 g/mol. The van der Waals surface area contributed by atoms with Crippen LogP contribution >= 0.6 is 0 Å². The van der Waals surface area contributed by atoms with E-state index < -0.39 is 0 Å². The van der Waals surface area contributed by atoms with Crippen LogP contribution in [-0.4, -0.2) is 0 Å². The molecule has 1 atom stereocenters. The summed E-state index contributed by atoms with van der Waals surface area (Å²) in [7, 11) is 0. The Morgan fingerprint density at radius 3 is 2.33 bits per heavy atom. The van der Waals surface area contributed by atoms with Crippen molar-refractivity contribution in [3.63, 3.8) is 0 Å². The first-order valence-electron chi connectivity index (χ1n) is 2.36. The topological polar surface area (TPSA) is 26.0 Å². The van der Waals surface area contributed by atoms with Crippen LogP contribution in [-0.2, 0) is 0 Å². The largest absolute Gasteiger partial charge is 0.326 e. The summed E-state index contributed by atoms with van der Waals surface area (Å²) >= 11 is 0. The number of hydrogen-bond donors (Lipinski definition) is 1. The molecule has 0 bridgehead atoms. The maximum absolute atomic E-state index is 5.16. The lowest BCUT2D eigenvalue weighted by atomic mass is 10.1. The highest BCUT2D eigenvalue weighted by atomic mass is 14.5. The molecule has 0 aromatic heterocycles. The lowest BCUT2D eigenvalue weighted by Crippen LogP contribution is -2.00. The van der Waals surface area contributed by atoms with Crippen molar-refractivity contribution in [2.45, 2.75) is 20.3 Å². The summed E-state index contributed by atoms with van der Waals surface area (Å²) in [5, 5.41) is 0. The number of rotatable bonds is 2. The summed E-state index contributed by atoms with van der Waals surface area (Å²) in [5.41, 5.74) is 5.16. The van der Waals surface area contributed by atoms with E-state index >= 15 is 0 Å². The van der Waals surface area contributed by atoms with Gasteiger partial charge in [-0.2, -0.15) is 0 Å². The van der Waals surface area contributed by atoms with E-state index in [0.29, 0.717) is 5.92 Å². The predicted molar refractivity (Wildman–Crippen MR) is 27.9 cm³/mol. The summed E-state index contributed by atoms with van der Waals surface area (Å²) in [6, 6.07) is 0. The van der Waals surface area contributed by atoms with E-state index in [1.807, 2.05) is 0 Å². The highest BCUT2D eigenvalue weighted by Crippen LogP contribution is 1.97. The zero-order valence-electron chi connectivity index (χ0n) is 4.44. The van der Waals surface area contributed by atoms with Gasteiger partial charge in [-0.25, -0.2) is 0 Å². The molecule has 0 rings (SSSR count). The molecular weight excluding hydrogens is 74.1 g/mol. The van der Waals surface area contributed by atoms with Crippen LogP contribution in [0.25, 0.3) is 0 Å². The predicted octanol–water partition coefficient (Wildman–Crippen LogP) is 1.15. The van der Waals surface area contributed by atoms with E-state index in [4.69, 9.17) is 5.73 Å². The van der Waals surface area contributed by atoms with E-state index in [1.165, 1.54) is 0 Å². The molecule has 0 saturated carbocycles. The van der Waals surface area contributed by atoms with Gasteiger partial charge < -0.3 is 5.73 Å². The SMILES string of the molecule is CC[C@H](C)[CH]N. The molecule has 0 aliphatic heterocycles. The third-order valence-electron chi connectivity index (χ3n) is 0.972. The molecule has 0 aliphatic carbocycles. The van der Waals surface area contributed by atoms with Gasteiger partial charge in [0.05, 0.1) is 0 Å². The van der Waals surface area contributed by atoms with Gasteiger partial charge in [0.1, 0.15) is 0 Å². The van der Waals surface area contributed by atoms with Gasteiger partial charge in [0.15, 0.2) is 0 Å². The van der Waals surface area contributed by atoms with Gasteiger partial charge >= 0.3 is 0 Å². The van der Waals surface area contributed by atoms with E-state index in [1.54, 1.807) is 6.54 Å². The first-order valence-corrected chi connectivity index (χ1v) is 2.36. The zero-order valence-corrected chi connectivity index (χ0v) is 4.44. The second-order valence-corrected chi connectivity index (χ2v) is 1.58. The molecule has 0 aromatic rings. The standard InChI is InChI=1S/C5H12N/c1-3-5(2)4-6/h4-5H,3,6H2,1-2H3/t5-/m0/s1. The first kappa shape index (κ1) is 5.96. The van der Waals surface area contributed by atoms with Crippen molar-refractivity contribution in [2.75, 3.05) is 0 Å². The Kier molecular flexibility index (Phi) is 3.14. The van der Waals surface area contributed by atoms with Gasteiger partial charge in [-0.05, 0) is 5.92 Å². The van der Waals surface area contributed by atoms with Gasteiger partial charge in [-0.3, -0.25) is 0 Å². The van der Waals surface area contributed by atoms with E-state index in [-0.39, 0.29) is 0 Å².